The number of aliphatic hydroxyl groups excluding tert-OH is 1. The van der Waals surface area contributed by atoms with Crippen LogP contribution in [0.2, 0.25) is 0 Å². The van der Waals surface area contributed by atoms with Gasteiger partial charge >= 0.3 is 0 Å². The zero-order chi connectivity index (χ0) is 32.4. The Bertz CT molecular complexity index is 1720. The Kier molecular flexibility index (Phi) is 10.5. The van der Waals surface area contributed by atoms with Crippen molar-refractivity contribution in [3.8, 4) is 11.5 Å². The van der Waals surface area contributed by atoms with E-state index in [-0.39, 0.29) is 31.3 Å². The summed E-state index contributed by atoms with van der Waals surface area (Å²) in [6, 6.07) is 27.6. The molecule has 0 fully saturated rings. The maximum atomic E-state index is 14.5. The Morgan fingerprint density at radius 2 is 1.85 bits per heavy atom. The molecule has 0 aliphatic carbocycles. The third-order valence-electron chi connectivity index (χ3n) is 7.64. The first-order chi connectivity index (χ1) is 22.5. The normalized spacial score (nSPS) is 16.9. The number of hydrogen-bond donors (Lipinski definition) is 2. The number of aliphatic hydroxyl groups is 1. The van der Waals surface area contributed by atoms with Gasteiger partial charge in [-0.15, -0.1) is 0 Å². The fraction of sp³-hybridized carbons (Fsp3) is 0.257. The first-order valence-electron chi connectivity index (χ1n) is 14.9. The average molecular weight is 624 g/mol. The van der Waals surface area contributed by atoms with Gasteiger partial charge in [0.25, 0.3) is 5.91 Å². The molecule has 0 bridgehead atoms. The molecule has 2 atom stereocenters. The van der Waals surface area contributed by atoms with E-state index in [1.807, 2.05) is 18.2 Å². The van der Waals surface area contributed by atoms with Crippen molar-refractivity contribution in [3.63, 3.8) is 0 Å². The summed E-state index contributed by atoms with van der Waals surface area (Å²) in [5, 5.41) is 16.0. The first kappa shape index (κ1) is 32.0. The van der Waals surface area contributed by atoms with Gasteiger partial charge in [-0.05, 0) is 77.2 Å². The van der Waals surface area contributed by atoms with Gasteiger partial charge in [0.05, 0.1) is 13.7 Å². The van der Waals surface area contributed by atoms with Crippen molar-refractivity contribution in [3.05, 3.63) is 136 Å². The monoisotopic (exact) mass is 623 g/mol. The summed E-state index contributed by atoms with van der Waals surface area (Å²) in [5.41, 5.74) is 10.9. The van der Waals surface area contributed by atoms with Gasteiger partial charge in [-0.1, -0.05) is 53.6 Å². The quantitative estimate of drug-likeness (QED) is 0.0725. The first-order valence-corrected chi connectivity index (χ1v) is 14.9. The number of carbonyl (C=O) groups excluding carboxylic acids is 1. The highest BCUT2D eigenvalue weighted by atomic mass is 19.1. The second-order valence-corrected chi connectivity index (χ2v) is 10.7. The molecular formula is C35H34FN5O5. The topological polar surface area (TPSA) is 138 Å². The van der Waals surface area contributed by atoms with E-state index in [1.165, 1.54) is 12.1 Å². The predicted molar refractivity (Wildman–Crippen MR) is 172 cm³/mol. The minimum atomic E-state index is -1.53. The summed E-state index contributed by atoms with van der Waals surface area (Å²) >= 11 is 0. The van der Waals surface area contributed by atoms with Crippen LogP contribution in [-0.2, 0) is 22.4 Å². The van der Waals surface area contributed by atoms with E-state index in [0.717, 1.165) is 5.56 Å². The van der Waals surface area contributed by atoms with E-state index in [1.54, 1.807) is 73.8 Å². The van der Waals surface area contributed by atoms with Crippen LogP contribution in [-0.4, -0.2) is 49.3 Å². The lowest BCUT2D eigenvalue weighted by molar-refractivity contribution is -0.128. The maximum absolute atomic E-state index is 14.5. The highest BCUT2D eigenvalue weighted by Crippen LogP contribution is 2.44. The van der Waals surface area contributed by atoms with Crippen LogP contribution in [0.4, 0.5) is 10.1 Å². The molecule has 1 heterocycles. The molecule has 46 heavy (non-hydrogen) atoms. The molecule has 0 spiro atoms. The van der Waals surface area contributed by atoms with Crippen molar-refractivity contribution in [1.29, 1.82) is 0 Å². The molecule has 0 aromatic heterocycles. The van der Waals surface area contributed by atoms with Crippen LogP contribution in [0.1, 0.15) is 34.8 Å². The fourth-order valence-electron chi connectivity index (χ4n) is 5.31. The van der Waals surface area contributed by atoms with Crippen molar-refractivity contribution < 1.29 is 28.5 Å². The molecule has 0 radical (unpaired) electrons. The van der Waals surface area contributed by atoms with E-state index in [4.69, 9.17) is 24.3 Å². The number of methoxy groups -OCH3 is 1. The third-order valence-corrected chi connectivity index (χ3v) is 7.64. The SMILES string of the molecule is COc1cccc([C@H]2OC(c3ccc(OCCCO)cc3)=N[C@@]2(Cc2ccccc2N=[N+]=[N-])C(=O)NCCc2ccc(F)cc2)c1. The number of rotatable bonds is 14. The number of hydrogen-bond acceptors (Lipinski definition) is 7. The molecule has 10 nitrogen and oxygen atoms in total. The lowest BCUT2D eigenvalue weighted by atomic mass is 9.81. The maximum Gasteiger partial charge on any atom is 0.252 e. The van der Waals surface area contributed by atoms with Gasteiger partial charge in [0, 0.05) is 42.2 Å². The van der Waals surface area contributed by atoms with Crippen molar-refractivity contribution >= 4 is 17.5 Å². The highest BCUT2D eigenvalue weighted by molar-refractivity contribution is 6.01. The number of aliphatic imine (C=N–C) groups is 1. The Balaban J connectivity index is 1.57. The number of nitrogens with one attached hydrogen (secondary N) is 1. The van der Waals surface area contributed by atoms with Crippen molar-refractivity contribution in [2.45, 2.75) is 30.9 Å². The van der Waals surface area contributed by atoms with Gasteiger partial charge in [-0.3, -0.25) is 4.79 Å². The van der Waals surface area contributed by atoms with Crippen LogP contribution in [0.5, 0.6) is 11.5 Å². The largest absolute Gasteiger partial charge is 0.497 e. The van der Waals surface area contributed by atoms with Gasteiger partial charge in [0.1, 0.15) is 17.3 Å². The lowest BCUT2D eigenvalue weighted by Crippen LogP contribution is -2.50. The Hall–Kier alpha value is -5.38. The van der Waals surface area contributed by atoms with E-state index in [0.29, 0.717) is 53.3 Å². The molecule has 236 valence electrons. The minimum absolute atomic E-state index is 0.0330. The highest BCUT2D eigenvalue weighted by Gasteiger charge is 2.53. The minimum Gasteiger partial charge on any atom is -0.497 e. The van der Waals surface area contributed by atoms with Gasteiger partial charge in [0.2, 0.25) is 5.90 Å². The number of benzene rings is 4. The summed E-state index contributed by atoms with van der Waals surface area (Å²) in [6.07, 6.45) is 0.146. The molecule has 2 N–H and O–H groups in total. The predicted octanol–water partition coefficient (Wildman–Crippen LogP) is 6.40. The number of carbonyl (C=O) groups is 1. The molecule has 1 aliphatic rings. The summed E-state index contributed by atoms with van der Waals surface area (Å²) in [7, 11) is 1.56. The molecule has 0 unspecified atom stereocenters. The molecule has 5 rings (SSSR count). The molecule has 11 heteroatoms. The molecule has 1 aliphatic heterocycles. The zero-order valence-electron chi connectivity index (χ0n) is 25.3. The summed E-state index contributed by atoms with van der Waals surface area (Å²) in [5.74, 6) is 0.732. The summed E-state index contributed by atoms with van der Waals surface area (Å²) in [6.45, 7) is 0.669. The van der Waals surface area contributed by atoms with E-state index >= 15 is 0 Å². The van der Waals surface area contributed by atoms with Crippen molar-refractivity contribution in [2.75, 3.05) is 26.9 Å². The van der Waals surface area contributed by atoms with Crippen molar-refractivity contribution in [1.82, 2.24) is 5.32 Å². The molecule has 4 aromatic carbocycles. The molecule has 0 saturated heterocycles. The lowest BCUT2D eigenvalue weighted by Gasteiger charge is -2.31. The second kappa shape index (κ2) is 15.1. The third kappa shape index (κ3) is 7.46. The van der Waals surface area contributed by atoms with E-state index in [9.17, 15) is 14.7 Å². The average Bonchev–Trinajstić information content (AvgIpc) is 3.47. The van der Waals surface area contributed by atoms with Crippen LogP contribution in [0.15, 0.2) is 107 Å². The Morgan fingerprint density at radius 1 is 1.07 bits per heavy atom. The Labute approximate surface area is 266 Å². The smallest absolute Gasteiger partial charge is 0.252 e. The number of halogens is 1. The van der Waals surface area contributed by atoms with Gasteiger partial charge in [0.15, 0.2) is 11.6 Å². The van der Waals surface area contributed by atoms with Gasteiger partial charge in [-0.25, -0.2) is 9.38 Å². The number of nitrogens with zero attached hydrogens (tertiary/aromatic N) is 4. The van der Waals surface area contributed by atoms with Crippen LogP contribution in [0, 0.1) is 5.82 Å². The van der Waals surface area contributed by atoms with Gasteiger partial charge < -0.3 is 24.6 Å². The van der Waals surface area contributed by atoms with Crippen molar-refractivity contribution in [2.24, 2.45) is 10.1 Å². The van der Waals surface area contributed by atoms with Gasteiger partial charge in [-0.2, -0.15) is 0 Å². The molecule has 0 saturated carbocycles. The van der Waals surface area contributed by atoms with Crippen LogP contribution in [0.25, 0.3) is 10.4 Å². The number of amides is 1. The van der Waals surface area contributed by atoms with Crippen LogP contribution >= 0.6 is 0 Å². The second-order valence-electron chi connectivity index (χ2n) is 10.7. The standard InChI is InChI=1S/C35H34FN5O5/c1-44-30-8-4-7-26(22-30)32-35(23-27-6-2-3-9-31(27)40-41-37,34(43)38-19-18-24-10-14-28(36)15-11-24)39-33(46-32)25-12-16-29(17-13-25)45-21-5-20-42/h2-4,6-17,22,32,42H,5,18-21,23H2,1H3,(H,38,43)/t32-,35-/m1/s1. The fourth-order valence-corrected chi connectivity index (χ4v) is 5.31. The number of azide groups is 1. The van der Waals surface area contributed by atoms with Crippen LogP contribution < -0.4 is 14.8 Å². The zero-order valence-corrected chi connectivity index (χ0v) is 25.3. The molecular weight excluding hydrogens is 589 g/mol. The van der Waals surface area contributed by atoms with E-state index < -0.39 is 17.6 Å². The Morgan fingerprint density at radius 3 is 2.59 bits per heavy atom. The van der Waals surface area contributed by atoms with E-state index in [2.05, 4.69) is 15.3 Å². The molecule has 1 amide bonds. The van der Waals surface area contributed by atoms with Crippen LogP contribution in [0.3, 0.4) is 0 Å². The number of ether oxygens (including phenoxy) is 3. The summed E-state index contributed by atoms with van der Waals surface area (Å²) < 4.78 is 31.2. The molecule has 4 aromatic rings. The summed E-state index contributed by atoms with van der Waals surface area (Å²) in [4.78, 5) is 22.5.